The smallest absolute Gasteiger partial charge is 0.252 e. The third kappa shape index (κ3) is 1.16. The highest BCUT2D eigenvalue weighted by molar-refractivity contribution is 5.57. The minimum atomic E-state index is -0.0992. The van der Waals surface area contributed by atoms with Crippen molar-refractivity contribution in [2.75, 3.05) is 0 Å². The zero-order valence-corrected chi connectivity index (χ0v) is 6.19. The standard InChI is InChI=1S/C9H6NO2/c11-9-6-8(12-10-9)7-4-2-1-3-5-7/h2-6H,(H,10,11). The summed E-state index contributed by atoms with van der Waals surface area (Å²) in [6.07, 6.45) is 0. The zero-order valence-electron chi connectivity index (χ0n) is 6.19. The monoisotopic (exact) mass is 160 g/mol. The number of nitrogens with zero attached hydrogens (tertiary/aromatic N) is 1. The average molecular weight is 160 g/mol. The van der Waals surface area contributed by atoms with Crippen molar-refractivity contribution in [1.29, 1.82) is 0 Å². The molecule has 0 bridgehead atoms. The van der Waals surface area contributed by atoms with Gasteiger partial charge in [0.2, 0.25) is 0 Å². The molecule has 0 saturated heterocycles. The van der Waals surface area contributed by atoms with E-state index in [0.29, 0.717) is 5.76 Å². The van der Waals surface area contributed by atoms with Crippen molar-refractivity contribution in [2.24, 2.45) is 0 Å². The molecule has 0 unspecified atom stereocenters. The molecule has 1 heterocycles. The van der Waals surface area contributed by atoms with Gasteiger partial charge in [-0.3, -0.25) is 0 Å². The number of aromatic hydroxyl groups is 1. The Morgan fingerprint density at radius 3 is 2.67 bits per heavy atom. The van der Waals surface area contributed by atoms with Crippen molar-refractivity contribution in [3.05, 3.63) is 36.4 Å². The van der Waals surface area contributed by atoms with Crippen LogP contribution in [0.2, 0.25) is 0 Å². The van der Waals surface area contributed by atoms with E-state index in [9.17, 15) is 0 Å². The van der Waals surface area contributed by atoms with Gasteiger partial charge in [0, 0.05) is 11.6 Å². The van der Waals surface area contributed by atoms with E-state index in [1.807, 2.05) is 12.1 Å². The lowest BCUT2D eigenvalue weighted by Gasteiger charge is -1.90. The summed E-state index contributed by atoms with van der Waals surface area (Å²) >= 11 is 0. The molecule has 59 valence electrons. The molecule has 2 aromatic rings. The number of benzene rings is 1. The summed E-state index contributed by atoms with van der Waals surface area (Å²) in [5.41, 5.74) is 0.876. The zero-order chi connectivity index (χ0) is 8.39. The molecule has 0 aliphatic rings. The van der Waals surface area contributed by atoms with Gasteiger partial charge in [-0.05, 0) is 11.2 Å². The molecule has 2 rings (SSSR count). The van der Waals surface area contributed by atoms with Crippen molar-refractivity contribution in [3.63, 3.8) is 0 Å². The molecule has 0 aliphatic carbocycles. The van der Waals surface area contributed by atoms with Crippen molar-refractivity contribution >= 4 is 0 Å². The summed E-state index contributed by atoms with van der Waals surface area (Å²) in [6, 6.07) is 11.6. The predicted octanol–water partition coefficient (Wildman–Crippen LogP) is 1.85. The van der Waals surface area contributed by atoms with E-state index in [0.717, 1.165) is 5.56 Å². The van der Waals surface area contributed by atoms with Crippen LogP contribution in [0.1, 0.15) is 0 Å². The summed E-state index contributed by atoms with van der Waals surface area (Å²) in [5.74, 6) is 0.458. The first kappa shape index (κ1) is 6.91. The molecule has 3 nitrogen and oxygen atoms in total. The Hall–Kier alpha value is -1.77. The number of hydrogen-bond acceptors (Lipinski definition) is 3. The maximum atomic E-state index is 8.90. The predicted molar refractivity (Wildman–Crippen MR) is 42.4 cm³/mol. The Bertz CT molecular complexity index is 367. The van der Waals surface area contributed by atoms with Crippen LogP contribution in [-0.2, 0) is 0 Å². The summed E-state index contributed by atoms with van der Waals surface area (Å²) in [6.45, 7) is 0. The van der Waals surface area contributed by atoms with Gasteiger partial charge in [-0.1, -0.05) is 24.3 Å². The first-order valence-corrected chi connectivity index (χ1v) is 3.48. The van der Waals surface area contributed by atoms with E-state index in [2.05, 4.69) is 11.2 Å². The van der Waals surface area contributed by atoms with E-state index in [1.54, 1.807) is 12.1 Å². The van der Waals surface area contributed by atoms with Crippen LogP contribution in [0.25, 0.3) is 11.3 Å². The van der Waals surface area contributed by atoms with Gasteiger partial charge in [0.05, 0.1) is 0 Å². The van der Waals surface area contributed by atoms with Crippen molar-refractivity contribution in [2.45, 2.75) is 0 Å². The molecule has 0 fully saturated rings. The quantitative estimate of drug-likeness (QED) is 0.692. The van der Waals surface area contributed by atoms with Crippen LogP contribution in [0.15, 0.2) is 34.9 Å². The molecule has 0 amide bonds. The third-order valence-corrected chi connectivity index (χ3v) is 1.50. The van der Waals surface area contributed by atoms with E-state index in [-0.39, 0.29) is 5.88 Å². The van der Waals surface area contributed by atoms with Gasteiger partial charge in [0.1, 0.15) is 0 Å². The van der Waals surface area contributed by atoms with Gasteiger partial charge in [0.25, 0.3) is 5.88 Å². The van der Waals surface area contributed by atoms with E-state index in [1.165, 1.54) is 6.07 Å². The highest BCUT2D eigenvalue weighted by atomic mass is 16.5. The number of hydrogen-bond donors (Lipinski definition) is 1. The lowest BCUT2D eigenvalue weighted by atomic mass is 10.2. The fourth-order valence-corrected chi connectivity index (χ4v) is 0.953. The Labute approximate surface area is 69.2 Å². The molecule has 0 saturated carbocycles. The second-order valence-corrected chi connectivity index (χ2v) is 2.34. The fourth-order valence-electron chi connectivity index (χ4n) is 0.953. The molecule has 12 heavy (non-hydrogen) atoms. The summed E-state index contributed by atoms with van der Waals surface area (Å²) in [7, 11) is 0. The Kier molecular flexibility index (Phi) is 1.55. The minimum Gasteiger partial charge on any atom is -0.491 e. The van der Waals surface area contributed by atoms with Crippen LogP contribution in [0.3, 0.4) is 0 Å². The normalized spacial score (nSPS) is 10.0. The second kappa shape index (κ2) is 2.70. The molecule has 1 aromatic heterocycles. The van der Waals surface area contributed by atoms with E-state index < -0.39 is 0 Å². The molecule has 1 radical (unpaired) electrons. The molecular formula is C9H6NO2. The Balaban J connectivity index is 2.45. The molecule has 1 aromatic carbocycles. The van der Waals surface area contributed by atoms with Crippen LogP contribution in [-0.4, -0.2) is 10.3 Å². The highest BCUT2D eigenvalue weighted by Crippen LogP contribution is 2.21. The second-order valence-electron chi connectivity index (χ2n) is 2.34. The van der Waals surface area contributed by atoms with Gasteiger partial charge >= 0.3 is 0 Å². The first-order valence-electron chi connectivity index (χ1n) is 3.48. The third-order valence-electron chi connectivity index (χ3n) is 1.50. The summed E-state index contributed by atoms with van der Waals surface area (Å²) in [5, 5.41) is 12.3. The SMILES string of the molecule is Oc1cc(-c2cc[c]cc2)on1. The van der Waals surface area contributed by atoms with Crippen LogP contribution in [0, 0.1) is 6.07 Å². The molecule has 3 heteroatoms. The minimum absolute atomic E-state index is 0.0992. The average Bonchev–Trinajstić information content (AvgIpc) is 2.54. The topological polar surface area (TPSA) is 46.3 Å². The van der Waals surface area contributed by atoms with Crippen LogP contribution < -0.4 is 0 Å². The lowest BCUT2D eigenvalue weighted by molar-refractivity contribution is 0.365. The van der Waals surface area contributed by atoms with Crippen molar-refractivity contribution in [1.82, 2.24) is 5.16 Å². The Morgan fingerprint density at radius 2 is 2.08 bits per heavy atom. The summed E-state index contributed by atoms with van der Waals surface area (Å²) in [4.78, 5) is 0. The van der Waals surface area contributed by atoms with E-state index in [4.69, 9.17) is 9.63 Å². The number of aromatic nitrogens is 1. The first-order chi connectivity index (χ1) is 5.86. The van der Waals surface area contributed by atoms with Crippen LogP contribution in [0.4, 0.5) is 0 Å². The van der Waals surface area contributed by atoms with Crippen molar-refractivity contribution < 1.29 is 9.63 Å². The lowest BCUT2D eigenvalue weighted by Crippen LogP contribution is -1.69. The fraction of sp³-hybridized carbons (Fsp3) is 0. The van der Waals surface area contributed by atoms with Crippen LogP contribution in [0.5, 0.6) is 5.88 Å². The largest absolute Gasteiger partial charge is 0.491 e. The van der Waals surface area contributed by atoms with Gasteiger partial charge < -0.3 is 9.63 Å². The van der Waals surface area contributed by atoms with Crippen molar-refractivity contribution in [3.8, 4) is 17.2 Å². The number of rotatable bonds is 1. The molecule has 0 spiro atoms. The highest BCUT2D eigenvalue weighted by Gasteiger charge is 2.03. The maximum Gasteiger partial charge on any atom is 0.252 e. The van der Waals surface area contributed by atoms with Gasteiger partial charge in [-0.25, -0.2) is 0 Å². The molecule has 0 atom stereocenters. The molecular weight excluding hydrogens is 154 g/mol. The summed E-state index contributed by atoms with van der Waals surface area (Å²) < 4.78 is 4.84. The molecule has 0 aliphatic heterocycles. The Morgan fingerprint density at radius 1 is 1.33 bits per heavy atom. The van der Waals surface area contributed by atoms with E-state index >= 15 is 0 Å². The van der Waals surface area contributed by atoms with Gasteiger partial charge in [-0.2, -0.15) is 0 Å². The van der Waals surface area contributed by atoms with Gasteiger partial charge in [0.15, 0.2) is 5.76 Å². The maximum absolute atomic E-state index is 8.90. The van der Waals surface area contributed by atoms with Crippen LogP contribution >= 0.6 is 0 Å². The van der Waals surface area contributed by atoms with Gasteiger partial charge in [-0.15, -0.1) is 0 Å². The molecule has 1 N–H and O–H groups in total.